The number of hydrogen-bond donors (Lipinski definition) is 1. The third-order valence-electron chi connectivity index (χ3n) is 5.68. The first-order chi connectivity index (χ1) is 16.0. The first-order valence-electron chi connectivity index (χ1n) is 10.5. The molecule has 6 heteroatoms. The van der Waals surface area contributed by atoms with Gasteiger partial charge >= 0.3 is 0 Å². The summed E-state index contributed by atoms with van der Waals surface area (Å²) < 4.78 is 0. The molecule has 0 radical (unpaired) electrons. The van der Waals surface area contributed by atoms with Crippen molar-refractivity contribution in [3.05, 3.63) is 94.9 Å². The summed E-state index contributed by atoms with van der Waals surface area (Å²) in [5, 5.41) is 6.44. The third-order valence-corrected chi connectivity index (χ3v) is 6.59. The summed E-state index contributed by atoms with van der Waals surface area (Å²) in [5.41, 5.74) is 2.45. The van der Waals surface area contributed by atoms with E-state index in [0.29, 0.717) is 10.6 Å². The van der Waals surface area contributed by atoms with Crippen molar-refractivity contribution in [3.8, 4) is 0 Å². The highest BCUT2D eigenvalue weighted by molar-refractivity contribution is 8.18. The minimum absolute atomic E-state index is 0.310. The molecular weight excluding hydrogens is 432 g/mol. The Morgan fingerprint density at radius 1 is 0.909 bits per heavy atom. The van der Waals surface area contributed by atoms with Crippen molar-refractivity contribution < 1.29 is 14.4 Å². The molecular formula is C27H20N2O3S. The van der Waals surface area contributed by atoms with Crippen LogP contribution in [0.3, 0.4) is 0 Å². The maximum atomic E-state index is 13.1. The molecule has 0 aromatic heterocycles. The molecule has 1 aliphatic rings. The van der Waals surface area contributed by atoms with E-state index in [-0.39, 0.29) is 6.54 Å². The van der Waals surface area contributed by atoms with Gasteiger partial charge < -0.3 is 5.32 Å². The molecule has 4 aromatic rings. The Labute approximate surface area is 195 Å². The van der Waals surface area contributed by atoms with E-state index in [1.807, 2.05) is 73.7 Å². The van der Waals surface area contributed by atoms with Crippen LogP contribution < -0.4 is 5.32 Å². The van der Waals surface area contributed by atoms with Gasteiger partial charge in [-0.1, -0.05) is 66.7 Å². The van der Waals surface area contributed by atoms with Gasteiger partial charge in [-0.15, -0.1) is 0 Å². The lowest BCUT2D eigenvalue weighted by molar-refractivity contribution is -0.127. The number of carbonyl (C=O) groups is 3. The van der Waals surface area contributed by atoms with Gasteiger partial charge in [0, 0.05) is 5.69 Å². The number of nitrogens with one attached hydrogen (secondary N) is 1. The fourth-order valence-corrected chi connectivity index (χ4v) is 4.84. The van der Waals surface area contributed by atoms with Gasteiger partial charge in [-0.3, -0.25) is 19.3 Å². The number of imide groups is 1. The Bertz CT molecular complexity index is 1420. The second-order valence-corrected chi connectivity index (χ2v) is 8.86. The molecule has 0 unspecified atom stereocenters. The van der Waals surface area contributed by atoms with Gasteiger partial charge in [0.15, 0.2) is 0 Å². The highest BCUT2D eigenvalue weighted by Gasteiger charge is 2.36. The molecule has 0 atom stereocenters. The average Bonchev–Trinajstić information content (AvgIpc) is 3.07. The summed E-state index contributed by atoms with van der Waals surface area (Å²) in [7, 11) is 0. The van der Waals surface area contributed by atoms with Crippen LogP contribution in [-0.4, -0.2) is 28.5 Å². The molecule has 1 aliphatic heterocycles. The highest BCUT2D eigenvalue weighted by Crippen LogP contribution is 2.36. The van der Waals surface area contributed by atoms with Gasteiger partial charge in [0.05, 0.1) is 4.91 Å². The van der Waals surface area contributed by atoms with Crippen molar-refractivity contribution in [2.45, 2.75) is 6.92 Å². The summed E-state index contributed by atoms with van der Waals surface area (Å²) in [6, 6.07) is 25.4. The van der Waals surface area contributed by atoms with Crippen LogP contribution in [0, 0.1) is 6.92 Å². The van der Waals surface area contributed by atoms with Crippen LogP contribution in [0.2, 0.25) is 0 Å². The summed E-state index contributed by atoms with van der Waals surface area (Å²) >= 11 is 0.864. The predicted octanol–water partition coefficient (Wildman–Crippen LogP) is 5.98. The van der Waals surface area contributed by atoms with Gasteiger partial charge in [-0.05, 0) is 69.6 Å². The molecule has 0 saturated carbocycles. The fourth-order valence-electron chi connectivity index (χ4n) is 4.02. The molecule has 33 heavy (non-hydrogen) atoms. The lowest BCUT2D eigenvalue weighted by Gasteiger charge is -2.13. The van der Waals surface area contributed by atoms with E-state index < -0.39 is 17.1 Å². The predicted molar refractivity (Wildman–Crippen MR) is 134 cm³/mol. The Balaban J connectivity index is 1.47. The van der Waals surface area contributed by atoms with Gasteiger partial charge in [0.2, 0.25) is 5.91 Å². The van der Waals surface area contributed by atoms with Crippen LogP contribution in [0.5, 0.6) is 0 Å². The molecule has 3 amide bonds. The van der Waals surface area contributed by atoms with Crippen LogP contribution in [0.15, 0.2) is 83.8 Å². The Morgan fingerprint density at radius 2 is 1.52 bits per heavy atom. The van der Waals surface area contributed by atoms with Gasteiger partial charge in [0.25, 0.3) is 11.1 Å². The molecule has 4 aromatic carbocycles. The second kappa shape index (κ2) is 8.56. The molecule has 0 spiro atoms. The average molecular weight is 453 g/mol. The number of thioether (sulfide) groups is 1. The first-order valence-corrected chi connectivity index (χ1v) is 11.3. The Morgan fingerprint density at radius 3 is 2.18 bits per heavy atom. The number of nitrogens with zero attached hydrogens (tertiary/aromatic N) is 1. The minimum Gasteiger partial charge on any atom is -0.324 e. The van der Waals surface area contributed by atoms with E-state index in [2.05, 4.69) is 11.4 Å². The van der Waals surface area contributed by atoms with Crippen molar-refractivity contribution >= 4 is 62.1 Å². The Hall–Kier alpha value is -3.90. The lowest BCUT2D eigenvalue weighted by Crippen LogP contribution is -2.36. The number of para-hydroxylation sites is 1. The summed E-state index contributed by atoms with van der Waals surface area (Å²) in [5.74, 6) is -0.870. The Kier molecular flexibility index (Phi) is 5.44. The summed E-state index contributed by atoms with van der Waals surface area (Å²) in [4.78, 5) is 39.5. The van der Waals surface area contributed by atoms with Crippen molar-refractivity contribution in [1.29, 1.82) is 0 Å². The van der Waals surface area contributed by atoms with Gasteiger partial charge in [-0.2, -0.15) is 0 Å². The number of anilines is 1. The molecule has 0 bridgehead atoms. The van der Waals surface area contributed by atoms with Crippen molar-refractivity contribution in [1.82, 2.24) is 4.90 Å². The fraction of sp³-hybridized carbons (Fsp3) is 0.0741. The molecule has 1 N–H and O–H groups in total. The number of aryl methyl sites for hydroxylation is 1. The molecule has 162 valence electrons. The second-order valence-electron chi connectivity index (χ2n) is 7.86. The van der Waals surface area contributed by atoms with E-state index in [0.717, 1.165) is 49.3 Å². The van der Waals surface area contributed by atoms with Crippen LogP contribution in [-0.2, 0) is 9.59 Å². The topological polar surface area (TPSA) is 66.5 Å². The largest absolute Gasteiger partial charge is 0.324 e. The monoisotopic (exact) mass is 452 g/mol. The van der Waals surface area contributed by atoms with Crippen LogP contribution in [0.1, 0.15) is 11.1 Å². The molecule has 1 heterocycles. The van der Waals surface area contributed by atoms with Gasteiger partial charge in [-0.25, -0.2) is 0 Å². The minimum atomic E-state index is -0.457. The maximum absolute atomic E-state index is 13.1. The van der Waals surface area contributed by atoms with Crippen LogP contribution in [0.4, 0.5) is 10.5 Å². The molecule has 5 rings (SSSR count). The van der Waals surface area contributed by atoms with E-state index in [4.69, 9.17) is 0 Å². The summed E-state index contributed by atoms with van der Waals surface area (Å²) in [6.45, 7) is 1.56. The standard InChI is InChI=1S/C27H20N2O3S/c1-17-8-2-7-13-23(17)28-25(30)16-29-26(31)24(33-27(29)32)15-22-20-11-5-3-9-18(20)14-19-10-4-6-12-21(19)22/h2-15H,16H2,1H3,(H,28,30)/b24-15-. The van der Waals surface area contributed by atoms with Crippen molar-refractivity contribution in [2.75, 3.05) is 11.9 Å². The van der Waals surface area contributed by atoms with E-state index in [1.54, 1.807) is 12.1 Å². The number of amides is 3. The zero-order valence-corrected chi connectivity index (χ0v) is 18.7. The summed E-state index contributed by atoms with van der Waals surface area (Å²) in [6.07, 6.45) is 1.77. The van der Waals surface area contributed by atoms with E-state index in [9.17, 15) is 14.4 Å². The normalized spacial score (nSPS) is 15.1. The zero-order chi connectivity index (χ0) is 22.9. The SMILES string of the molecule is Cc1ccccc1NC(=O)CN1C(=O)S/C(=C\c2c3ccccc3cc3ccccc23)C1=O. The molecule has 0 aliphatic carbocycles. The number of benzene rings is 4. The van der Waals surface area contributed by atoms with E-state index in [1.165, 1.54) is 0 Å². The lowest BCUT2D eigenvalue weighted by atomic mass is 9.96. The smallest absolute Gasteiger partial charge is 0.294 e. The highest BCUT2D eigenvalue weighted by atomic mass is 32.2. The number of fused-ring (bicyclic) bond motifs is 2. The number of carbonyl (C=O) groups excluding carboxylic acids is 3. The number of rotatable bonds is 4. The van der Waals surface area contributed by atoms with Crippen molar-refractivity contribution in [2.24, 2.45) is 0 Å². The van der Waals surface area contributed by atoms with E-state index >= 15 is 0 Å². The molecule has 1 fully saturated rings. The molecule has 5 nitrogen and oxygen atoms in total. The third kappa shape index (κ3) is 4.01. The number of hydrogen-bond acceptors (Lipinski definition) is 4. The van der Waals surface area contributed by atoms with Gasteiger partial charge in [0.1, 0.15) is 6.54 Å². The zero-order valence-electron chi connectivity index (χ0n) is 17.9. The van der Waals surface area contributed by atoms with Crippen molar-refractivity contribution in [3.63, 3.8) is 0 Å². The maximum Gasteiger partial charge on any atom is 0.294 e. The first kappa shape index (κ1) is 21.0. The quantitative estimate of drug-likeness (QED) is 0.306. The van der Waals surface area contributed by atoms with Crippen LogP contribution in [0.25, 0.3) is 27.6 Å². The molecule has 1 saturated heterocycles. The van der Waals surface area contributed by atoms with Crippen LogP contribution >= 0.6 is 11.8 Å².